The van der Waals surface area contributed by atoms with Crippen LogP contribution in [0, 0.1) is 18.3 Å². The van der Waals surface area contributed by atoms with Crippen LogP contribution in [0.3, 0.4) is 0 Å². The van der Waals surface area contributed by atoms with Crippen LogP contribution in [0.4, 0.5) is 0 Å². The van der Waals surface area contributed by atoms with E-state index in [0.717, 1.165) is 12.8 Å². The van der Waals surface area contributed by atoms with Crippen molar-refractivity contribution >= 4 is 5.91 Å². The molecule has 1 unspecified atom stereocenters. The molecule has 0 heterocycles. The van der Waals surface area contributed by atoms with Crippen LogP contribution < -0.4 is 11.1 Å². The lowest BCUT2D eigenvalue weighted by Gasteiger charge is -2.08. The summed E-state index contributed by atoms with van der Waals surface area (Å²) in [5.74, 6) is 2.90. The summed E-state index contributed by atoms with van der Waals surface area (Å²) < 4.78 is 0. The van der Waals surface area contributed by atoms with Gasteiger partial charge in [-0.3, -0.25) is 4.79 Å². The normalized spacial score (nSPS) is 11.8. The fraction of sp³-hybridized carbons (Fsp3) is 0.700. The van der Waals surface area contributed by atoms with Gasteiger partial charge in [-0.25, -0.2) is 0 Å². The van der Waals surface area contributed by atoms with Crippen molar-refractivity contribution in [3.05, 3.63) is 0 Å². The van der Waals surface area contributed by atoms with Gasteiger partial charge in [0, 0.05) is 6.42 Å². The monoisotopic (exact) mass is 182 g/mol. The maximum absolute atomic E-state index is 11.1. The van der Waals surface area contributed by atoms with Gasteiger partial charge >= 0.3 is 0 Å². The Morgan fingerprint density at radius 2 is 2.31 bits per heavy atom. The van der Waals surface area contributed by atoms with E-state index in [2.05, 4.69) is 18.2 Å². The van der Waals surface area contributed by atoms with Crippen molar-refractivity contribution in [1.82, 2.24) is 5.32 Å². The van der Waals surface area contributed by atoms with E-state index >= 15 is 0 Å². The minimum Gasteiger partial charge on any atom is -0.345 e. The molecular weight excluding hydrogens is 164 g/mol. The maximum Gasteiger partial charge on any atom is 0.220 e. The van der Waals surface area contributed by atoms with Crippen LogP contribution in [0.2, 0.25) is 0 Å². The minimum absolute atomic E-state index is 0.0295. The first kappa shape index (κ1) is 12.0. The average Bonchev–Trinajstić information content (AvgIpc) is 2.12. The summed E-state index contributed by atoms with van der Waals surface area (Å²) in [6.07, 6.45) is 7.40. The first-order valence-corrected chi connectivity index (χ1v) is 4.61. The van der Waals surface area contributed by atoms with Gasteiger partial charge in [0.1, 0.15) is 0 Å². The molecule has 3 N–H and O–H groups in total. The predicted molar refractivity (Wildman–Crippen MR) is 53.9 cm³/mol. The SMILES string of the molecule is C#CCNC(=O)CCC(C)CCN. The standard InChI is InChI=1S/C10H18N2O/c1-3-8-12-10(13)5-4-9(2)6-7-11/h1,9H,4-8,11H2,2H3,(H,12,13). The Balaban J connectivity index is 3.41. The van der Waals surface area contributed by atoms with E-state index in [-0.39, 0.29) is 5.91 Å². The Labute approximate surface area is 80.1 Å². The molecule has 0 aliphatic heterocycles. The summed E-state index contributed by atoms with van der Waals surface area (Å²) in [5.41, 5.74) is 5.39. The summed E-state index contributed by atoms with van der Waals surface area (Å²) in [6.45, 7) is 3.11. The third kappa shape index (κ3) is 7.35. The summed E-state index contributed by atoms with van der Waals surface area (Å²) in [5, 5.41) is 2.62. The number of terminal acetylenes is 1. The second-order valence-corrected chi connectivity index (χ2v) is 3.20. The number of carbonyl (C=O) groups excluding carboxylic acids is 1. The lowest BCUT2D eigenvalue weighted by atomic mass is 10.0. The van der Waals surface area contributed by atoms with Gasteiger partial charge in [0.2, 0.25) is 5.91 Å². The highest BCUT2D eigenvalue weighted by molar-refractivity contribution is 5.76. The predicted octanol–water partition coefficient (Wildman–Crippen LogP) is 0.501. The number of carbonyl (C=O) groups is 1. The molecule has 0 aromatic carbocycles. The smallest absolute Gasteiger partial charge is 0.220 e. The van der Waals surface area contributed by atoms with Gasteiger partial charge in [0.25, 0.3) is 0 Å². The molecular formula is C10H18N2O. The van der Waals surface area contributed by atoms with Crippen LogP contribution in [0.25, 0.3) is 0 Å². The molecule has 1 amide bonds. The van der Waals surface area contributed by atoms with E-state index < -0.39 is 0 Å². The maximum atomic E-state index is 11.1. The highest BCUT2D eigenvalue weighted by atomic mass is 16.1. The van der Waals surface area contributed by atoms with Crippen molar-refractivity contribution in [1.29, 1.82) is 0 Å². The van der Waals surface area contributed by atoms with Gasteiger partial charge in [0.05, 0.1) is 6.54 Å². The molecule has 0 saturated heterocycles. The third-order valence-electron chi connectivity index (χ3n) is 1.91. The lowest BCUT2D eigenvalue weighted by Crippen LogP contribution is -2.23. The lowest BCUT2D eigenvalue weighted by molar-refractivity contribution is -0.121. The van der Waals surface area contributed by atoms with Crippen molar-refractivity contribution in [2.45, 2.75) is 26.2 Å². The molecule has 0 rings (SSSR count). The number of hydrogen-bond donors (Lipinski definition) is 2. The molecule has 3 nitrogen and oxygen atoms in total. The second-order valence-electron chi connectivity index (χ2n) is 3.20. The van der Waals surface area contributed by atoms with E-state index in [0.29, 0.717) is 25.4 Å². The Kier molecular flexibility index (Phi) is 7.04. The fourth-order valence-electron chi connectivity index (χ4n) is 1.04. The summed E-state index contributed by atoms with van der Waals surface area (Å²) in [6, 6.07) is 0. The van der Waals surface area contributed by atoms with Crippen LogP contribution >= 0.6 is 0 Å². The number of nitrogens with two attached hydrogens (primary N) is 1. The van der Waals surface area contributed by atoms with Gasteiger partial charge in [-0.05, 0) is 25.3 Å². The molecule has 13 heavy (non-hydrogen) atoms. The molecule has 0 radical (unpaired) electrons. The number of rotatable bonds is 6. The van der Waals surface area contributed by atoms with E-state index in [4.69, 9.17) is 12.2 Å². The highest BCUT2D eigenvalue weighted by Gasteiger charge is 2.04. The molecule has 0 aliphatic carbocycles. The van der Waals surface area contributed by atoms with Gasteiger partial charge < -0.3 is 11.1 Å². The van der Waals surface area contributed by atoms with Crippen LogP contribution in [0.15, 0.2) is 0 Å². The fourth-order valence-corrected chi connectivity index (χ4v) is 1.04. The Morgan fingerprint density at radius 1 is 1.62 bits per heavy atom. The van der Waals surface area contributed by atoms with Crippen molar-refractivity contribution in [2.75, 3.05) is 13.1 Å². The highest BCUT2D eigenvalue weighted by Crippen LogP contribution is 2.08. The Hall–Kier alpha value is -1.01. The van der Waals surface area contributed by atoms with Crippen molar-refractivity contribution in [2.24, 2.45) is 11.7 Å². The van der Waals surface area contributed by atoms with Crippen molar-refractivity contribution in [3.63, 3.8) is 0 Å². The number of nitrogens with one attached hydrogen (secondary N) is 1. The zero-order valence-electron chi connectivity index (χ0n) is 8.18. The summed E-state index contributed by atoms with van der Waals surface area (Å²) in [7, 11) is 0. The van der Waals surface area contributed by atoms with E-state index in [9.17, 15) is 4.79 Å². The summed E-state index contributed by atoms with van der Waals surface area (Å²) >= 11 is 0. The first-order chi connectivity index (χ1) is 6.20. The van der Waals surface area contributed by atoms with E-state index in [1.165, 1.54) is 0 Å². The average molecular weight is 182 g/mol. The zero-order valence-corrected chi connectivity index (χ0v) is 8.18. The largest absolute Gasteiger partial charge is 0.345 e. The molecule has 1 atom stereocenters. The molecule has 3 heteroatoms. The van der Waals surface area contributed by atoms with Crippen LogP contribution in [0.1, 0.15) is 26.2 Å². The van der Waals surface area contributed by atoms with Crippen molar-refractivity contribution in [3.8, 4) is 12.3 Å². The molecule has 0 bridgehead atoms. The Morgan fingerprint density at radius 3 is 2.85 bits per heavy atom. The summed E-state index contributed by atoms with van der Waals surface area (Å²) in [4.78, 5) is 11.1. The molecule has 0 aromatic rings. The van der Waals surface area contributed by atoms with Crippen LogP contribution in [0.5, 0.6) is 0 Å². The molecule has 0 aliphatic rings. The van der Waals surface area contributed by atoms with Gasteiger partial charge in [0.15, 0.2) is 0 Å². The molecule has 0 spiro atoms. The van der Waals surface area contributed by atoms with Gasteiger partial charge in [-0.15, -0.1) is 6.42 Å². The van der Waals surface area contributed by atoms with E-state index in [1.807, 2.05) is 0 Å². The Bertz CT molecular complexity index is 184. The number of hydrogen-bond acceptors (Lipinski definition) is 2. The quantitative estimate of drug-likeness (QED) is 0.588. The second kappa shape index (κ2) is 7.63. The first-order valence-electron chi connectivity index (χ1n) is 4.61. The molecule has 0 fully saturated rings. The topological polar surface area (TPSA) is 55.1 Å². The van der Waals surface area contributed by atoms with E-state index in [1.54, 1.807) is 0 Å². The van der Waals surface area contributed by atoms with Gasteiger partial charge in [-0.1, -0.05) is 12.8 Å². The molecule has 0 aromatic heterocycles. The zero-order chi connectivity index (χ0) is 10.1. The van der Waals surface area contributed by atoms with Crippen LogP contribution in [-0.4, -0.2) is 19.0 Å². The number of amides is 1. The van der Waals surface area contributed by atoms with Crippen LogP contribution in [-0.2, 0) is 4.79 Å². The third-order valence-corrected chi connectivity index (χ3v) is 1.91. The van der Waals surface area contributed by atoms with Crippen molar-refractivity contribution < 1.29 is 4.79 Å². The molecule has 74 valence electrons. The molecule has 0 saturated carbocycles. The van der Waals surface area contributed by atoms with Gasteiger partial charge in [-0.2, -0.15) is 0 Å². The minimum atomic E-state index is 0.0295.